The minimum atomic E-state index is -1.15. The number of carboxylic acids is 2. The summed E-state index contributed by atoms with van der Waals surface area (Å²) in [6.07, 6.45) is 8.33. The van der Waals surface area contributed by atoms with E-state index in [9.17, 15) is 34.2 Å². The second-order valence-electron chi connectivity index (χ2n) is 16.2. The summed E-state index contributed by atoms with van der Waals surface area (Å²) in [4.78, 5) is 63.4. The molecule has 6 N–H and O–H groups in total. The predicted molar refractivity (Wildman–Crippen MR) is 249 cm³/mol. The van der Waals surface area contributed by atoms with Gasteiger partial charge >= 0.3 is 11.9 Å². The van der Waals surface area contributed by atoms with Crippen LogP contribution >= 0.6 is 0 Å². The zero-order valence-corrected chi connectivity index (χ0v) is 36.0. The molecule has 3 amide bonds. The topological polar surface area (TPSA) is 174 Å². The molecule has 0 bridgehead atoms. The molecule has 5 rings (SSSR count). The summed E-state index contributed by atoms with van der Waals surface area (Å²) in [5.74, 6) is -3.53. The molecule has 0 saturated carbocycles. The number of nitrogens with one attached hydrogen (secondary N) is 4. The molecule has 0 spiro atoms. The fourth-order valence-corrected chi connectivity index (χ4v) is 6.74. The van der Waals surface area contributed by atoms with Crippen LogP contribution in [0.25, 0.3) is 24.3 Å². The quantitative estimate of drug-likeness (QED) is 0.0409. The fraction of sp³-hybridized carbons (Fsp3) is 0.250. The maximum absolute atomic E-state index is 13.2. The van der Waals surface area contributed by atoms with Crippen LogP contribution in [0.3, 0.4) is 0 Å². The number of carboxylic acid groups (broad SMARTS) is 2. The first-order chi connectivity index (χ1) is 30.2. The lowest BCUT2D eigenvalue weighted by molar-refractivity contribution is -0.142. The number of hydrogen-bond acceptors (Lipinski definition) is 6. The van der Waals surface area contributed by atoms with Crippen LogP contribution in [0.1, 0.15) is 81.8 Å². The highest BCUT2D eigenvalue weighted by atomic mass is 16.4. The standard InChI is InChI=1S/C52H56N4O7/c1-34(2)46(33-53-44(51(60)61)31-40-11-7-5-8-12-40)55-48(57)42-27-23-38(24-28-42)21-19-36-15-17-37(18-16-36)20-22-39-25-29-43(30-26-39)49(58)56-47(35(3)4)50(59)54-45(52(62)63)32-41-13-9-6-10-14-41/h5-30,34-35,44-47,53H,31-33H2,1-4H3,(H,54,59)(H,55,57)(H,56,58)(H,60,61)(H,62,63)/b21-19+,22-20+/t44-,45-,46+,47-/m0/s1. The van der Waals surface area contributed by atoms with E-state index >= 15 is 0 Å². The van der Waals surface area contributed by atoms with Gasteiger partial charge in [0.25, 0.3) is 11.8 Å². The molecule has 4 atom stereocenters. The Morgan fingerprint density at radius 3 is 1.24 bits per heavy atom. The molecule has 0 unspecified atom stereocenters. The van der Waals surface area contributed by atoms with Gasteiger partial charge in [-0.05, 0) is 75.9 Å². The van der Waals surface area contributed by atoms with E-state index in [0.717, 1.165) is 33.4 Å². The minimum Gasteiger partial charge on any atom is -0.480 e. The zero-order chi connectivity index (χ0) is 45.3. The Bertz CT molecular complexity index is 2340. The van der Waals surface area contributed by atoms with Gasteiger partial charge in [-0.25, -0.2) is 4.79 Å². The molecule has 0 radical (unpaired) electrons. The van der Waals surface area contributed by atoms with Crippen molar-refractivity contribution in [2.45, 2.75) is 64.7 Å². The molecule has 0 aliphatic carbocycles. The third-order valence-electron chi connectivity index (χ3n) is 10.6. The van der Waals surface area contributed by atoms with Crippen molar-refractivity contribution >= 4 is 54.0 Å². The second-order valence-corrected chi connectivity index (χ2v) is 16.2. The van der Waals surface area contributed by atoms with E-state index in [-0.39, 0.29) is 30.2 Å². The van der Waals surface area contributed by atoms with Crippen LogP contribution in [-0.4, -0.2) is 70.6 Å². The highest BCUT2D eigenvalue weighted by Gasteiger charge is 2.29. The lowest BCUT2D eigenvalue weighted by atomic mass is 10.0. The Morgan fingerprint density at radius 2 is 0.857 bits per heavy atom. The molecule has 0 aliphatic heterocycles. The van der Waals surface area contributed by atoms with E-state index in [2.05, 4.69) is 21.3 Å². The van der Waals surface area contributed by atoms with Crippen molar-refractivity contribution in [2.75, 3.05) is 6.54 Å². The molecule has 0 aliphatic rings. The fourth-order valence-electron chi connectivity index (χ4n) is 6.74. The van der Waals surface area contributed by atoms with E-state index in [1.165, 1.54) is 0 Å². The third-order valence-corrected chi connectivity index (χ3v) is 10.6. The van der Waals surface area contributed by atoms with Gasteiger partial charge in [0, 0.05) is 30.1 Å². The second kappa shape index (κ2) is 23.2. The molecule has 0 fully saturated rings. The van der Waals surface area contributed by atoms with Crippen LogP contribution in [0, 0.1) is 11.8 Å². The molecule has 0 saturated heterocycles. The minimum absolute atomic E-state index is 0.0747. The van der Waals surface area contributed by atoms with Crippen LogP contribution in [-0.2, 0) is 27.2 Å². The van der Waals surface area contributed by atoms with Gasteiger partial charge in [-0.15, -0.1) is 0 Å². The first-order valence-electron chi connectivity index (χ1n) is 21.1. The Morgan fingerprint density at radius 1 is 0.476 bits per heavy atom. The zero-order valence-electron chi connectivity index (χ0n) is 36.0. The van der Waals surface area contributed by atoms with Crippen LogP contribution < -0.4 is 21.3 Å². The van der Waals surface area contributed by atoms with Crippen molar-refractivity contribution in [2.24, 2.45) is 11.8 Å². The lowest BCUT2D eigenvalue weighted by Crippen LogP contribution is -2.54. The number of aliphatic carboxylic acids is 2. The Labute approximate surface area is 369 Å². The van der Waals surface area contributed by atoms with Crippen molar-refractivity contribution < 1.29 is 34.2 Å². The summed E-state index contributed by atoms with van der Waals surface area (Å²) in [6, 6.07) is 37.7. The summed E-state index contributed by atoms with van der Waals surface area (Å²) in [5, 5.41) is 31.1. The molecule has 11 nitrogen and oxygen atoms in total. The highest BCUT2D eigenvalue weighted by Crippen LogP contribution is 2.16. The summed E-state index contributed by atoms with van der Waals surface area (Å²) in [7, 11) is 0. The smallest absolute Gasteiger partial charge is 0.326 e. The summed E-state index contributed by atoms with van der Waals surface area (Å²) >= 11 is 0. The Balaban J connectivity index is 1.10. The monoisotopic (exact) mass is 848 g/mol. The molecule has 5 aromatic carbocycles. The Hall–Kier alpha value is -7.11. The SMILES string of the molecule is CC(C)[C@H](NC(=O)c1ccc(/C=C/c2ccc(/C=C/c3ccc(C(=O)N[C@H](CN[C@@H](Cc4ccccc4)C(=O)O)C(C)C)cc3)cc2)cc1)C(=O)N[C@@H](Cc1ccccc1)C(=O)O. The normalized spacial score (nSPS) is 13.4. The Kier molecular flexibility index (Phi) is 17.3. The molecule has 11 heteroatoms. The molecule has 326 valence electrons. The van der Waals surface area contributed by atoms with Gasteiger partial charge in [-0.3, -0.25) is 19.2 Å². The van der Waals surface area contributed by atoms with Gasteiger partial charge in [-0.2, -0.15) is 0 Å². The molecule has 63 heavy (non-hydrogen) atoms. The van der Waals surface area contributed by atoms with Crippen molar-refractivity contribution in [3.8, 4) is 0 Å². The van der Waals surface area contributed by atoms with Crippen molar-refractivity contribution in [3.63, 3.8) is 0 Å². The summed E-state index contributed by atoms with van der Waals surface area (Å²) < 4.78 is 0. The number of hydrogen-bond donors (Lipinski definition) is 6. The van der Waals surface area contributed by atoms with Gasteiger partial charge in [-0.1, -0.05) is 161 Å². The molecular formula is C52H56N4O7. The van der Waals surface area contributed by atoms with Crippen molar-refractivity contribution in [3.05, 3.63) is 178 Å². The lowest BCUT2D eigenvalue weighted by Gasteiger charge is -2.25. The van der Waals surface area contributed by atoms with Crippen LogP contribution in [0.2, 0.25) is 0 Å². The van der Waals surface area contributed by atoms with E-state index in [4.69, 9.17) is 0 Å². The van der Waals surface area contributed by atoms with Gasteiger partial charge < -0.3 is 31.5 Å². The van der Waals surface area contributed by atoms with E-state index in [1.54, 1.807) is 62.4 Å². The maximum Gasteiger partial charge on any atom is 0.326 e. The molecular weight excluding hydrogens is 793 g/mol. The number of rotatable bonds is 21. The number of benzene rings is 5. The van der Waals surface area contributed by atoms with Gasteiger partial charge in [0.05, 0.1) is 0 Å². The maximum atomic E-state index is 13.2. The van der Waals surface area contributed by atoms with Crippen molar-refractivity contribution in [1.82, 2.24) is 21.3 Å². The van der Waals surface area contributed by atoms with E-state index in [1.807, 2.05) is 123 Å². The van der Waals surface area contributed by atoms with Crippen LogP contribution in [0.5, 0.6) is 0 Å². The highest BCUT2D eigenvalue weighted by molar-refractivity contribution is 5.98. The summed E-state index contributed by atoms with van der Waals surface area (Å²) in [6.45, 7) is 7.87. The molecule has 0 aromatic heterocycles. The first kappa shape index (κ1) is 46.9. The van der Waals surface area contributed by atoms with Crippen LogP contribution in [0.4, 0.5) is 0 Å². The molecule has 0 heterocycles. The third kappa shape index (κ3) is 14.8. The average Bonchev–Trinajstić information content (AvgIpc) is 3.28. The number of carbonyl (C=O) groups is 5. The van der Waals surface area contributed by atoms with Gasteiger partial charge in [0.2, 0.25) is 5.91 Å². The van der Waals surface area contributed by atoms with Crippen LogP contribution in [0.15, 0.2) is 133 Å². The average molecular weight is 849 g/mol. The van der Waals surface area contributed by atoms with E-state index in [0.29, 0.717) is 24.1 Å². The number of amides is 3. The summed E-state index contributed by atoms with van der Waals surface area (Å²) in [5.41, 5.74) is 6.35. The molecule has 5 aromatic rings. The largest absolute Gasteiger partial charge is 0.480 e. The van der Waals surface area contributed by atoms with Gasteiger partial charge in [0.1, 0.15) is 18.1 Å². The van der Waals surface area contributed by atoms with Crippen molar-refractivity contribution in [1.29, 1.82) is 0 Å². The van der Waals surface area contributed by atoms with Gasteiger partial charge in [0.15, 0.2) is 0 Å². The first-order valence-corrected chi connectivity index (χ1v) is 21.1. The number of carbonyl (C=O) groups excluding carboxylic acids is 3. The van der Waals surface area contributed by atoms with E-state index < -0.39 is 41.9 Å². The predicted octanol–water partition coefficient (Wildman–Crippen LogP) is 7.63.